The summed E-state index contributed by atoms with van der Waals surface area (Å²) in [6.07, 6.45) is 0.235. The van der Waals surface area contributed by atoms with E-state index in [1.54, 1.807) is 37.3 Å². The molecule has 0 saturated carbocycles. The van der Waals surface area contributed by atoms with E-state index in [4.69, 9.17) is 4.42 Å². The van der Waals surface area contributed by atoms with Crippen molar-refractivity contribution < 1.29 is 13.6 Å². The van der Waals surface area contributed by atoms with Gasteiger partial charge in [0, 0.05) is 18.0 Å². The molecule has 1 atom stereocenters. The molecule has 0 spiro atoms. The maximum absolute atomic E-state index is 13.6. The summed E-state index contributed by atoms with van der Waals surface area (Å²) >= 11 is 0. The normalized spacial score (nSPS) is 12.4. The summed E-state index contributed by atoms with van der Waals surface area (Å²) in [6.45, 7) is 5.71. The molecule has 0 fully saturated rings. The van der Waals surface area contributed by atoms with E-state index in [9.17, 15) is 9.18 Å². The number of fused-ring (bicyclic) bond motifs is 1. The predicted molar refractivity (Wildman–Crippen MR) is 108 cm³/mol. The molecule has 2 aromatic carbocycles. The average molecular weight is 408 g/mol. The molecule has 2 aromatic heterocycles. The molecule has 9 heteroatoms. The molecule has 0 aliphatic heterocycles. The lowest BCUT2D eigenvalue weighted by Gasteiger charge is -2.17. The molecule has 0 saturated heterocycles. The first kappa shape index (κ1) is 19.7. The number of rotatable bonds is 6. The quantitative estimate of drug-likeness (QED) is 0.521. The van der Waals surface area contributed by atoms with Crippen LogP contribution >= 0.6 is 0 Å². The maximum Gasteiger partial charge on any atom is 0.249 e. The van der Waals surface area contributed by atoms with Gasteiger partial charge in [-0.3, -0.25) is 4.79 Å². The van der Waals surface area contributed by atoms with Gasteiger partial charge in [0.15, 0.2) is 11.5 Å². The molecule has 4 aromatic rings. The van der Waals surface area contributed by atoms with E-state index in [0.29, 0.717) is 34.1 Å². The summed E-state index contributed by atoms with van der Waals surface area (Å²) < 4.78 is 20.8. The van der Waals surface area contributed by atoms with Crippen LogP contribution < -0.4 is 5.32 Å². The highest BCUT2D eigenvalue weighted by atomic mass is 19.1. The molecule has 0 aliphatic rings. The van der Waals surface area contributed by atoms with Crippen LogP contribution in [0.2, 0.25) is 0 Å². The Morgan fingerprint density at radius 3 is 2.77 bits per heavy atom. The van der Waals surface area contributed by atoms with Gasteiger partial charge >= 0.3 is 0 Å². The van der Waals surface area contributed by atoms with Crippen molar-refractivity contribution in [2.75, 3.05) is 5.32 Å². The number of halogens is 1. The third kappa shape index (κ3) is 4.05. The van der Waals surface area contributed by atoms with Gasteiger partial charge in [-0.1, -0.05) is 26.0 Å². The van der Waals surface area contributed by atoms with Crippen LogP contribution in [-0.2, 0) is 11.2 Å². The zero-order valence-corrected chi connectivity index (χ0v) is 16.8. The fraction of sp³-hybridized carbons (Fsp3) is 0.286. The Morgan fingerprint density at radius 1 is 1.23 bits per heavy atom. The Labute approximate surface area is 172 Å². The van der Waals surface area contributed by atoms with Crippen LogP contribution in [0.15, 0.2) is 46.9 Å². The topological polar surface area (TPSA) is 98.7 Å². The number of nitrogens with zero attached hydrogens (tertiary/aromatic N) is 5. The van der Waals surface area contributed by atoms with Gasteiger partial charge < -0.3 is 9.73 Å². The highest BCUT2D eigenvalue weighted by molar-refractivity contribution is 5.95. The minimum atomic E-state index is -0.749. The summed E-state index contributed by atoms with van der Waals surface area (Å²) in [4.78, 5) is 17.6. The van der Waals surface area contributed by atoms with E-state index >= 15 is 0 Å². The highest BCUT2D eigenvalue weighted by Gasteiger charge is 2.25. The second-order valence-electron chi connectivity index (χ2n) is 7.40. The molecule has 4 rings (SSSR count). The Bertz CT molecular complexity index is 1200. The minimum Gasteiger partial charge on any atom is -0.440 e. The third-order valence-electron chi connectivity index (χ3n) is 4.74. The Balaban J connectivity index is 1.61. The number of aromatic nitrogens is 5. The van der Waals surface area contributed by atoms with E-state index in [0.717, 1.165) is 0 Å². The van der Waals surface area contributed by atoms with Crippen molar-refractivity contribution in [3.63, 3.8) is 0 Å². The van der Waals surface area contributed by atoms with Crippen LogP contribution in [0.4, 0.5) is 10.1 Å². The lowest BCUT2D eigenvalue weighted by molar-refractivity contribution is -0.119. The number of oxazole rings is 1. The first-order valence-electron chi connectivity index (χ1n) is 9.61. The summed E-state index contributed by atoms with van der Waals surface area (Å²) in [7, 11) is 0. The molecular formula is C21H21FN6O2. The molecule has 8 nitrogen and oxygen atoms in total. The molecule has 154 valence electrons. The number of amides is 1. The second kappa shape index (κ2) is 8.02. The fourth-order valence-corrected chi connectivity index (χ4v) is 3.20. The second-order valence-corrected chi connectivity index (χ2v) is 7.40. The molecule has 1 amide bonds. The number of nitrogens with one attached hydrogen (secondary N) is 1. The van der Waals surface area contributed by atoms with Crippen molar-refractivity contribution in [1.29, 1.82) is 0 Å². The van der Waals surface area contributed by atoms with E-state index in [1.807, 2.05) is 13.8 Å². The van der Waals surface area contributed by atoms with Crippen molar-refractivity contribution in [3.8, 4) is 0 Å². The van der Waals surface area contributed by atoms with Crippen LogP contribution in [0.25, 0.3) is 11.1 Å². The maximum atomic E-state index is 13.6. The summed E-state index contributed by atoms with van der Waals surface area (Å²) in [6, 6.07) is 10.7. The van der Waals surface area contributed by atoms with Crippen LogP contribution in [0, 0.1) is 12.7 Å². The summed E-state index contributed by atoms with van der Waals surface area (Å²) in [5, 5.41) is 14.3. The van der Waals surface area contributed by atoms with Gasteiger partial charge in [-0.25, -0.2) is 14.1 Å². The highest BCUT2D eigenvalue weighted by Crippen LogP contribution is 2.25. The number of hydrogen-bond donors (Lipinski definition) is 1. The van der Waals surface area contributed by atoms with Gasteiger partial charge in [-0.05, 0) is 53.2 Å². The van der Waals surface area contributed by atoms with Gasteiger partial charge in [-0.15, -0.1) is 5.10 Å². The fourth-order valence-electron chi connectivity index (χ4n) is 3.20. The lowest BCUT2D eigenvalue weighted by Crippen LogP contribution is -2.29. The van der Waals surface area contributed by atoms with E-state index in [-0.39, 0.29) is 24.1 Å². The number of anilines is 1. The number of carbonyl (C=O) groups is 1. The van der Waals surface area contributed by atoms with Crippen LogP contribution in [0.1, 0.15) is 43.1 Å². The third-order valence-corrected chi connectivity index (χ3v) is 4.74. The molecular weight excluding hydrogens is 387 g/mol. The first-order chi connectivity index (χ1) is 14.4. The Morgan fingerprint density at radius 2 is 2.07 bits per heavy atom. The molecule has 1 N–H and O–H groups in total. The monoisotopic (exact) mass is 408 g/mol. The number of hydrogen-bond acceptors (Lipinski definition) is 6. The zero-order valence-electron chi connectivity index (χ0n) is 16.8. The van der Waals surface area contributed by atoms with Gasteiger partial charge in [-0.2, -0.15) is 0 Å². The first-order valence-corrected chi connectivity index (χ1v) is 9.61. The van der Waals surface area contributed by atoms with Crippen molar-refractivity contribution in [3.05, 3.63) is 65.6 Å². The standard InChI is InChI=1S/C21H21FN6O2/c1-12(2)21-24-17-11-16(7-8-19(17)30-21)23-20(29)18(28-13(3)25-26-27-28)10-14-5-4-6-15(22)9-14/h4-9,11-12,18H,10H2,1-3H3,(H,23,29). The Kier molecular flexibility index (Phi) is 5.26. The van der Waals surface area contributed by atoms with E-state index in [1.165, 1.54) is 16.8 Å². The molecule has 0 radical (unpaired) electrons. The van der Waals surface area contributed by atoms with Gasteiger partial charge in [0.05, 0.1) is 0 Å². The number of aryl methyl sites for hydroxylation is 1. The van der Waals surface area contributed by atoms with Gasteiger partial charge in [0.1, 0.15) is 23.2 Å². The number of tetrazole rings is 1. The summed E-state index contributed by atoms with van der Waals surface area (Å²) in [5.41, 5.74) is 2.56. The van der Waals surface area contributed by atoms with E-state index in [2.05, 4.69) is 25.8 Å². The largest absolute Gasteiger partial charge is 0.440 e. The Hall–Kier alpha value is -3.62. The molecule has 0 bridgehead atoms. The predicted octanol–water partition coefficient (Wildman–Crippen LogP) is 3.81. The van der Waals surface area contributed by atoms with Gasteiger partial charge in [0.25, 0.3) is 0 Å². The van der Waals surface area contributed by atoms with Crippen molar-refractivity contribution in [2.45, 2.75) is 39.2 Å². The smallest absolute Gasteiger partial charge is 0.249 e. The van der Waals surface area contributed by atoms with Crippen molar-refractivity contribution in [2.24, 2.45) is 0 Å². The van der Waals surface area contributed by atoms with E-state index < -0.39 is 6.04 Å². The van der Waals surface area contributed by atoms with Crippen LogP contribution in [0.5, 0.6) is 0 Å². The van der Waals surface area contributed by atoms with Crippen molar-refractivity contribution >= 4 is 22.7 Å². The molecule has 1 unspecified atom stereocenters. The van der Waals surface area contributed by atoms with Gasteiger partial charge in [0.2, 0.25) is 5.91 Å². The SMILES string of the molecule is Cc1nnnn1C(Cc1cccc(F)c1)C(=O)Nc1ccc2oc(C(C)C)nc2c1. The van der Waals surface area contributed by atoms with Crippen molar-refractivity contribution in [1.82, 2.24) is 25.2 Å². The molecule has 2 heterocycles. The number of benzene rings is 2. The summed E-state index contributed by atoms with van der Waals surface area (Å²) in [5.74, 6) is 0.606. The van der Waals surface area contributed by atoms with Crippen LogP contribution in [0.3, 0.4) is 0 Å². The molecule has 0 aliphatic carbocycles. The lowest BCUT2D eigenvalue weighted by atomic mass is 10.0. The minimum absolute atomic E-state index is 0.161. The zero-order chi connectivity index (χ0) is 21.3. The van der Waals surface area contributed by atoms with Crippen LogP contribution in [-0.4, -0.2) is 31.1 Å². The molecule has 30 heavy (non-hydrogen) atoms. The average Bonchev–Trinajstić information content (AvgIpc) is 3.32. The number of carbonyl (C=O) groups excluding carboxylic acids is 1.